The van der Waals surface area contributed by atoms with Gasteiger partial charge in [-0.3, -0.25) is 4.79 Å². The standard InChI is InChI=1S/C12H17N3O2S.ClH/c1-7(8-4-13-5-8)11(16)15-12-14-9-2-3-17-6-10(9)18-12;/h7-8,13H,2-6H2,1H3,(H,14,15,16);1H. The Bertz CT molecular complexity index is 438. The van der Waals surface area contributed by atoms with Crippen molar-refractivity contribution in [2.75, 3.05) is 25.0 Å². The first kappa shape index (κ1) is 14.7. The number of aromatic nitrogens is 1. The maximum absolute atomic E-state index is 12.1. The van der Waals surface area contributed by atoms with Gasteiger partial charge in [0.25, 0.3) is 0 Å². The smallest absolute Gasteiger partial charge is 0.229 e. The Kier molecular flexibility index (Phi) is 4.78. The minimum absolute atomic E-state index is 0. The highest BCUT2D eigenvalue weighted by atomic mass is 35.5. The maximum atomic E-state index is 12.1. The first-order valence-corrected chi connectivity index (χ1v) is 7.13. The van der Waals surface area contributed by atoms with Crippen LogP contribution in [0.15, 0.2) is 0 Å². The molecule has 5 nitrogen and oxygen atoms in total. The van der Waals surface area contributed by atoms with Crippen LogP contribution < -0.4 is 10.6 Å². The van der Waals surface area contributed by atoms with E-state index in [1.54, 1.807) is 0 Å². The summed E-state index contributed by atoms with van der Waals surface area (Å²) < 4.78 is 5.38. The lowest BCUT2D eigenvalue weighted by molar-refractivity contribution is -0.121. The number of nitrogens with zero attached hydrogens (tertiary/aromatic N) is 1. The molecule has 1 saturated heterocycles. The molecule has 1 unspecified atom stereocenters. The number of nitrogens with one attached hydrogen (secondary N) is 2. The second-order valence-corrected chi connectivity index (χ2v) is 5.97. The molecular weight excluding hydrogens is 286 g/mol. The first-order valence-electron chi connectivity index (χ1n) is 6.32. The molecule has 0 spiro atoms. The van der Waals surface area contributed by atoms with E-state index in [2.05, 4.69) is 15.6 Å². The van der Waals surface area contributed by atoms with Crippen molar-refractivity contribution in [2.45, 2.75) is 20.0 Å². The summed E-state index contributed by atoms with van der Waals surface area (Å²) in [5, 5.41) is 6.84. The molecule has 0 bridgehead atoms. The summed E-state index contributed by atoms with van der Waals surface area (Å²) in [6.45, 7) is 5.23. The molecule has 2 N–H and O–H groups in total. The van der Waals surface area contributed by atoms with Gasteiger partial charge in [0, 0.05) is 12.3 Å². The van der Waals surface area contributed by atoms with Crippen LogP contribution in [0.5, 0.6) is 0 Å². The molecule has 1 amide bonds. The van der Waals surface area contributed by atoms with Gasteiger partial charge in [-0.05, 0) is 19.0 Å². The molecule has 106 valence electrons. The number of hydrogen-bond donors (Lipinski definition) is 2. The number of amides is 1. The summed E-state index contributed by atoms with van der Waals surface area (Å²) in [6.07, 6.45) is 0.851. The highest BCUT2D eigenvalue weighted by Crippen LogP contribution is 2.28. The summed E-state index contributed by atoms with van der Waals surface area (Å²) in [5.41, 5.74) is 1.08. The molecule has 7 heteroatoms. The fourth-order valence-corrected chi connectivity index (χ4v) is 3.13. The van der Waals surface area contributed by atoms with Crippen molar-refractivity contribution in [3.8, 4) is 0 Å². The van der Waals surface area contributed by atoms with Gasteiger partial charge in [0.15, 0.2) is 5.13 Å². The number of carbonyl (C=O) groups is 1. The summed E-state index contributed by atoms with van der Waals surface area (Å²) in [4.78, 5) is 17.7. The minimum Gasteiger partial charge on any atom is -0.375 e. The highest BCUT2D eigenvalue weighted by molar-refractivity contribution is 7.15. The predicted octanol–water partition coefficient (Wildman–Crippen LogP) is 1.43. The predicted molar refractivity (Wildman–Crippen MR) is 76.9 cm³/mol. The van der Waals surface area contributed by atoms with Crippen LogP contribution in [0.1, 0.15) is 17.5 Å². The molecule has 1 aromatic rings. The van der Waals surface area contributed by atoms with Gasteiger partial charge in [0.2, 0.25) is 5.91 Å². The normalized spacial score (nSPS) is 19.8. The Morgan fingerprint density at radius 3 is 3.00 bits per heavy atom. The third kappa shape index (κ3) is 3.08. The Balaban J connectivity index is 0.00000133. The van der Waals surface area contributed by atoms with Crippen molar-refractivity contribution in [1.82, 2.24) is 10.3 Å². The van der Waals surface area contributed by atoms with E-state index in [1.165, 1.54) is 11.3 Å². The molecule has 2 aliphatic heterocycles. The third-order valence-corrected chi connectivity index (χ3v) is 4.65. The molecule has 1 aromatic heterocycles. The van der Waals surface area contributed by atoms with Gasteiger partial charge in [0.05, 0.1) is 23.8 Å². The summed E-state index contributed by atoms with van der Waals surface area (Å²) in [7, 11) is 0. The van der Waals surface area contributed by atoms with E-state index in [1.807, 2.05) is 6.92 Å². The Morgan fingerprint density at radius 2 is 2.37 bits per heavy atom. The second-order valence-electron chi connectivity index (χ2n) is 4.89. The fourth-order valence-electron chi connectivity index (χ4n) is 2.18. The number of fused-ring (bicyclic) bond motifs is 1. The van der Waals surface area contributed by atoms with E-state index in [0.717, 1.165) is 41.8 Å². The van der Waals surface area contributed by atoms with Gasteiger partial charge in [-0.1, -0.05) is 18.3 Å². The van der Waals surface area contributed by atoms with Gasteiger partial charge in [0.1, 0.15) is 0 Å². The van der Waals surface area contributed by atoms with Crippen molar-refractivity contribution in [3.05, 3.63) is 10.6 Å². The van der Waals surface area contributed by atoms with E-state index < -0.39 is 0 Å². The van der Waals surface area contributed by atoms with Crippen LogP contribution >= 0.6 is 23.7 Å². The monoisotopic (exact) mass is 303 g/mol. The van der Waals surface area contributed by atoms with Crippen LogP contribution in [0.4, 0.5) is 5.13 Å². The Hall–Kier alpha value is -0.690. The minimum atomic E-state index is 0. The van der Waals surface area contributed by atoms with E-state index in [9.17, 15) is 4.79 Å². The van der Waals surface area contributed by atoms with Crippen LogP contribution in [0.25, 0.3) is 0 Å². The molecular formula is C12H18ClN3O2S. The number of hydrogen-bond acceptors (Lipinski definition) is 5. The van der Waals surface area contributed by atoms with Crippen LogP contribution in [0.3, 0.4) is 0 Å². The molecule has 2 aliphatic rings. The van der Waals surface area contributed by atoms with Crippen LogP contribution in [-0.4, -0.2) is 30.6 Å². The lowest BCUT2D eigenvalue weighted by Crippen LogP contribution is -2.48. The average Bonchev–Trinajstić information content (AvgIpc) is 2.68. The van der Waals surface area contributed by atoms with Crippen molar-refractivity contribution >= 4 is 34.8 Å². The third-order valence-electron chi connectivity index (χ3n) is 3.66. The van der Waals surface area contributed by atoms with Crippen LogP contribution in [0, 0.1) is 11.8 Å². The quantitative estimate of drug-likeness (QED) is 0.887. The number of halogens is 1. The van der Waals surface area contributed by atoms with E-state index in [4.69, 9.17) is 4.74 Å². The molecule has 1 atom stereocenters. The summed E-state index contributed by atoms with van der Waals surface area (Å²) >= 11 is 1.53. The summed E-state index contributed by atoms with van der Waals surface area (Å²) in [5.74, 6) is 0.583. The molecule has 3 rings (SSSR count). The Labute approximate surface area is 122 Å². The molecule has 19 heavy (non-hydrogen) atoms. The zero-order valence-corrected chi connectivity index (χ0v) is 12.4. The molecule has 0 saturated carbocycles. The van der Waals surface area contributed by atoms with Crippen LogP contribution in [-0.2, 0) is 22.6 Å². The van der Waals surface area contributed by atoms with Gasteiger partial charge in [-0.15, -0.1) is 12.4 Å². The van der Waals surface area contributed by atoms with Crippen molar-refractivity contribution in [1.29, 1.82) is 0 Å². The van der Waals surface area contributed by atoms with Crippen molar-refractivity contribution < 1.29 is 9.53 Å². The molecule has 0 aromatic carbocycles. The van der Waals surface area contributed by atoms with Crippen molar-refractivity contribution in [2.24, 2.45) is 11.8 Å². The largest absolute Gasteiger partial charge is 0.375 e. The van der Waals surface area contributed by atoms with Gasteiger partial charge < -0.3 is 15.4 Å². The van der Waals surface area contributed by atoms with E-state index in [-0.39, 0.29) is 24.2 Å². The van der Waals surface area contributed by atoms with E-state index in [0.29, 0.717) is 12.5 Å². The summed E-state index contributed by atoms with van der Waals surface area (Å²) in [6, 6.07) is 0. The first-order chi connectivity index (χ1) is 8.74. The van der Waals surface area contributed by atoms with E-state index >= 15 is 0 Å². The average molecular weight is 304 g/mol. The van der Waals surface area contributed by atoms with Gasteiger partial charge in [-0.2, -0.15) is 0 Å². The highest BCUT2D eigenvalue weighted by Gasteiger charge is 2.29. The van der Waals surface area contributed by atoms with Crippen LogP contribution in [0.2, 0.25) is 0 Å². The van der Waals surface area contributed by atoms with Gasteiger partial charge in [-0.25, -0.2) is 4.98 Å². The molecule has 0 radical (unpaired) electrons. The SMILES string of the molecule is CC(C(=O)Nc1nc2c(s1)COCC2)C1CNC1.Cl. The van der Waals surface area contributed by atoms with Crippen molar-refractivity contribution in [3.63, 3.8) is 0 Å². The fraction of sp³-hybridized carbons (Fsp3) is 0.667. The molecule has 1 fully saturated rings. The topological polar surface area (TPSA) is 63.2 Å². The zero-order chi connectivity index (χ0) is 12.5. The number of carbonyl (C=O) groups excluding carboxylic acids is 1. The van der Waals surface area contributed by atoms with Gasteiger partial charge >= 0.3 is 0 Å². The number of ether oxygens (including phenoxy) is 1. The Morgan fingerprint density at radius 1 is 1.58 bits per heavy atom. The number of thiazole rings is 1. The zero-order valence-electron chi connectivity index (χ0n) is 10.8. The maximum Gasteiger partial charge on any atom is 0.229 e. The second kappa shape index (κ2) is 6.17. The number of anilines is 1. The lowest BCUT2D eigenvalue weighted by atomic mass is 9.88. The number of rotatable bonds is 3. The molecule has 3 heterocycles. The lowest BCUT2D eigenvalue weighted by Gasteiger charge is -2.31. The molecule has 0 aliphatic carbocycles.